The molecule has 16 nitrogen and oxygen atoms in total. The van der Waals surface area contributed by atoms with E-state index in [1.165, 1.54) is 46.7 Å². The lowest BCUT2D eigenvalue weighted by atomic mass is 9.86. The summed E-state index contributed by atoms with van der Waals surface area (Å²) >= 11 is 0. The van der Waals surface area contributed by atoms with Crippen molar-refractivity contribution in [3.63, 3.8) is 0 Å². The number of benzene rings is 2. The van der Waals surface area contributed by atoms with Crippen molar-refractivity contribution in [2.45, 2.75) is 115 Å². The summed E-state index contributed by atoms with van der Waals surface area (Å²) in [5, 5.41) is 16.2. The van der Waals surface area contributed by atoms with Gasteiger partial charge in [0.15, 0.2) is 0 Å². The van der Waals surface area contributed by atoms with Gasteiger partial charge in [0, 0.05) is 18.4 Å². The molecule has 380 valence electrons. The van der Waals surface area contributed by atoms with Crippen LogP contribution in [0.3, 0.4) is 0 Å². The Morgan fingerprint density at radius 1 is 0.620 bits per heavy atom. The lowest BCUT2D eigenvalue weighted by Crippen LogP contribution is -2.48. The van der Waals surface area contributed by atoms with E-state index in [1.807, 2.05) is 56.3 Å². The van der Waals surface area contributed by atoms with Gasteiger partial charge in [0.2, 0.25) is 31.8 Å². The molecule has 3 fully saturated rings. The minimum Gasteiger partial charge on any atom is -0.415 e. The van der Waals surface area contributed by atoms with Crippen LogP contribution in [0.4, 0.5) is 28.9 Å². The maximum absolute atomic E-state index is 14.1. The summed E-state index contributed by atoms with van der Waals surface area (Å²) in [5.41, 5.74) is 4.86. The van der Waals surface area contributed by atoms with Crippen LogP contribution in [0.15, 0.2) is 94.0 Å². The molecule has 3 aliphatic rings. The molecule has 2 saturated heterocycles. The molecule has 6 aromatic rings. The Bertz CT molecular complexity index is 2910. The zero-order valence-corrected chi connectivity index (χ0v) is 41.4. The minimum atomic E-state index is -3.68. The third-order valence-electron chi connectivity index (χ3n) is 13.3. The summed E-state index contributed by atoms with van der Waals surface area (Å²) in [7, 11) is -7.31. The molecule has 0 radical (unpaired) electrons. The number of hydrogen-bond acceptors (Lipinski definition) is 14. The number of nitrogens with one attached hydrogen (secondary N) is 1. The van der Waals surface area contributed by atoms with Crippen molar-refractivity contribution in [3.8, 4) is 22.9 Å². The highest BCUT2D eigenvalue weighted by Crippen LogP contribution is 2.34. The summed E-state index contributed by atoms with van der Waals surface area (Å²) in [6, 6.07) is 21.9. The molecule has 22 heteroatoms. The van der Waals surface area contributed by atoms with Crippen LogP contribution < -0.4 is 13.9 Å². The lowest BCUT2D eigenvalue weighted by Gasteiger charge is -2.41. The van der Waals surface area contributed by atoms with Crippen LogP contribution in [0.25, 0.3) is 22.9 Å². The second-order valence-electron chi connectivity index (χ2n) is 18.4. The molecule has 2 aliphatic heterocycles. The van der Waals surface area contributed by atoms with Gasteiger partial charge in [0.25, 0.3) is 11.8 Å². The number of piperidine rings is 2. The van der Waals surface area contributed by atoms with Gasteiger partial charge in [-0.3, -0.25) is 18.6 Å². The number of aryl methyl sites for hydroxylation is 2. The maximum Gasteiger partial charge on any atom is 0.314 e. The Balaban J connectivity index is 0.000000194. The fourth-order valence-electron chi connectivity index (χ4n) is 9.28. The molecule has 2 aromatic carbocycles. The number of halogens is 4. The highest BCUT2D eigenvalue weighted by Gasteiger charge is 2.38. The molecule has 0 amide bonds. The van der Waals surface area contributed by atoms with Gasteiger partial charge >= 0.3 is 12.9 Å². The molecule has 4 aromatic heterocycles. The maximum atomic E-state index is 14.1. The third kappa shape index (κ3) is 12.6. The van der Waals surface area contributed by atoms with Crippen molar-refractivity contribution in [1.82, 2.24) is 40.6 Å². The Kier molecular flexibility index (Phi) is 16.5. The van der Waals surface area contributed by atoms with E-state index in [4.69, 9.17) is 8.83 Å². The van der Waals surface area contributed by atoms with Crippen LogP contribution in [0.1, 0.15) is 105 Å². The van der Waals surface area contributed by atoms with Gasteiger partial charge in [0.05, 0.1) is 57.5 Å². The molecule has 71 heavy (non-hydrogen) atoms. The van der Waals surface area contributed by atoms with E-state index < -0.39 is 55.2 Å². The SMILES string of the molecule is Cc1cccc(N(Cc2ccc(-c3nnc(C(F)F)o3)cn2)S(=O)(=O)C2CCN(C3CCC(C)CC3)CC2)c1.Cc1cccc(N(Cc2ccc(-c3nnc(C(F)F)o3)cn2)S(=O)(=O)C2CCNCC2)c1. The molecule has 9 rings (SSSR count). The first-order valence-corrected chi connectivity index (χ1v) is 26.8. The van der Waals surface area contributed by atoms with Crippen molar-refractivity contribution in [1.29, 1.82) is 0 Å². The standard InChI is InChI=1S/C28H35F2N5O3S.C21H23F2N5O3S/c1-19-6-10-23(11-7-19)34-14-12-25(13-15-34)39(36,37)35(24-5-3-4-20(2)16-24)18-22-9-8-21(17-31-22)27-32-33-28(38-27)26(29)30;1-14-3-2-4-17(11-14)28(32(29,30)18-7-9-24-10-8-18)13-16-6-5-15(12-25-16)20-26-27-21(31-20)19(22)23/h3-5,8-9,16-17,19,23,25-26H,6-7,10-15,18H2,1-2H3;2-6,11-12,18-19,24H,7-10,13H2,1H3. The summed E-state index contributed by atoms with van der Waals surface area (Å²) in [6.45, 7) is 9.15. The van der Waals surface area contributed by atoms with Crippen molar-refractivity contribution < 1.29 is 43.2 Å². The first kappa shape index (κ1) is 51.5. The van der Waals surface area contributed by atoms with Crippen molar-refractivity contribution >= 4 is 31.4 Å². The lowest BCUT2D eigenvalue weighted by molar-refractivity contribution is 0.115. The second-order valence-corrected chi connectivity index (χ2v) is 22.7. The van der Waals surface area contributed by atoms with E-state index in [0.29, 0.717) is 78.7 Å². The van der Waals surface area contributed by atoms with E-state index in [0.717, 1.165) is 30.1 Å². The number of hydrogen-bond donors (Lipinski definition) is 1. The summed E-state index contributed by atoms with van der Waals surface area (Å²) in [6.07, 6.45) is 4.31. The quantitative estimate of drug-likeness (QED) is 0.0957. The Morgan fingerprint density at radius 3 is 1.46 bits per heavy atom. The zero-order valence-electron chi connectivity index (χ0n) is 39.7. The van der Waals surface area contributed by atoms with Crippen LogP contribution >= 0.6 is 0 Å². The number of nitrogens with zero attached hydrogens (tertiary/aromatic N) is 9. The van der Waals surface area contributed by atoms with Gasteiger partial charge in [-0.15, -0.1) is 20.4 Å². The fourth-order valence-corrected chi connectivity index (χ4v) is 13.1. The van der Waals surface area contributed by atoms with Gasteiger partial charge in [-0.25, -0.2) is 16.8 Å². The topological polar surface area (TPSA) is 194 Å². The highest BCUT2D eigenvalue weighted by atomic mass is 32.2. The first-order chi connectivity index (χ1) is 34.0. The van der Waals surface area contributed by atoms with E-state index in [2.05, 4.69) is 47.5 Å². The van der Waals surface area contributed by atoms with Crippen molar-refractivity contribution in [3.05, 3.63) is 119 Å². The molecule has 0 atom stereocenters. The van der Waals surface area contributed by atoms with Gasteiger partial charge in [-0.05, 0) is 157 Å². The predicted octanol–water partition coefficient (Wildman–Crippen LogP) is 9.22. The van der Waals surface area contributed by atoms with Crippen molar-refractivity contribution in [2.75, 3.05) is 34.8 Å². The Hall–Kier alpha value is -5.84. The molecule has 1 saturated carbocycles. The molecule has 0 unspecified atom stereocenters. The number of likely N-dealkylation sites (tertiary alicyclic amines) is 1. The van der Waals surface area contributed by atoms with Gasteiger partial charge in [0.1, 0.15) is 0 Å². The molecule has 1 N–H and O–H groups in total. The van der Waals surface area contributed by atoms with Crippen LogP contribution in [-0.2, 0) is 33.1 Å². The van der Waals surface area contributed by atoms with Crippen LogP contribution in [0.2, 0.25) is 0 Å². The van der Waals surface area contributed by atoms with Crippen LogP contribution in [0.5, 0.6) is 0 Å². The Labute approximate surface area is 411 Å². The van der Waals surface area contributed by atoms with E-state index in [1.54, 1.807) is 30.3 Å². The molecule has 0 bridgehead atoms. The molecular formula is C49H58F4N10O6S2. The van der Waals surface area contributed by atoms with Crippen molar-refractivity contribution in [2.24, 2.45) is 5.92 Å². The normalized spacial score (nSPS) is 18.6. The molecule has 6 heterocycles. The average molecular weight is 1020 g/mol. The molecule has 0 spiro atoms. The van der Waals surface area contributed by atoms with Gasteiger partial charge < -0.3 is 19.1 Å². The van der Waals surface area contributed by atoms with Crippen LogP contribution in [-0.4, -0.2) is 94.8 Å². The number of pyridine rings is 2. The zero-order chi connectivity index (χ0) is 50.3. The fraction of sp³-hybridized carbons (Fsp3) is 0.469. The first-order valence-electron chi connectivity index (χ1n) is 23.8. The highest BCUT2D eigenvalue weighted by molar-refractivity contribution is 7.93. The largest absolute Gasteiger partial charge is 0.415 e. The van der Waals surface area contributed by atoms with E-state index >= 15 is 0 Å². The number of aromatic nitrogens is 6. The van der Waals surface area contributed by atoms with Gasteiger partial charge in [-0.2, -0.15) is 17.6 Å². The third-order valence-corrected chi connectivity index (χ3v) is 17.8. The molecule has 1 aliphatic carbocycles. The van der Waals surface area contributed by atoms with E-state index in [9.17, 15) is 34.4 Å². The Morgan fingerprint density at radius 2 is 1.07 bits per heavy atom. The summed E-state index contributed by atoms with van der Waals surface area (Å²) < 4.78 is 119. The summed E-state index contributed by atoms with van der Waals surface area (Å²) in [4.78, 5) is 11.2. The molecular weight excluding hydrogens is 965 g/mol. The predicted molar refractivity (Wildman–Crippen MR) is 259 cm³/mol. The number of alkyl halides is 4. The monoisotopic (exact) mass is 1020 g/mol. The van der Waals surface area contributed by atoms with Gasteiger partial charge in [-0.1, -0.05) is 31.2 Å². The minimum absolute atomic E-state index is 0.0438. The summed E-state index contributed by atoms with van der Waals surface area (Å²) in [5.74, 6) is -0.867. The second kappa shape index (κ2) is 22.7. The number of anilines is 2. The van der Waals surface area contributed by atoms with E-state index in [-0.39, 0.29) is 24.9 Å². The average Bonchev–Trinajstić information content (AvgIpc) is 4.09. The number of rotatable bonds is 15. The smallest absolute Gasteiger partial charge is 0.314 e. The van der Waals surface area contributed by atoms with Crippen LogP contribution in [0, 0.1) is 19.8 Å². The number of sulfonamides is 2.